The van der Waals surface area contributed by atoms with Gasteiger partial charge in [0.25, 0.3) is 0 Å². The van der Waals surface area contributed by atoms with E-state index in [0.29, 0.717) is 6.42 Å². The Kier molecular flexibility index (Phi) is 7.28. The lowest BCUT2D eigenvalue weighted by molar-refractivity contribution is -0.126. The number of hydrogen-bond donors (Lipinski definition) is 3. The van der Waals surface area contributed by atoms with Crippen LogP contribution in [0.25, 0.3) is 0 Å². The minimum atomic E-state index is -1.25. The van der Waals surface area contributed by atoms with E-state index >= 15 is 0 Å². The first-order chi connectivity index (χ1) is 8.22. The van der Waals surface area contributed by atoms with E-state index in [9.17, 15) is 14.7 Å². The molecule has 0 aliphatic heterocycles. The van der Waals surface area contributed by atoms with Gasteiger partial charge in [0.15, 0.2) is 5.78 Å². The lowest BCUT2D eigenvalue weighted by Gasteiger charge is -2.26. The van der Waals surface area contributed by atoms with Crippen LogP contribution in [0.4, 0.5) is 0 Å². The van der Waals surface area contributed by atoms with Crippen molar-refractivity contribution in [2.45, 2.75) is 52.3 Å². The monoisotopic (exact) mass is 257 g/mol. The molecule has 0 heterocycles. The molecule has 0 aliphatic rings. The van der Waals surface area contributed by atoms with Crippen LogP contribution in [0, 0.1) is 17.8 Å². The summed E-state index contributed by atoms with van der Waals surface area (Å²) in [5, 5.41) is 9.96. The van der Waals surface area contributed by atoms with E-state index in [-0.39, 0.29) is 11.8 Å². The topological polar surface area (TPSA) is 106 Å². The molecule has 0 rings (SSSR count). The molecule has 5 heteroatoms. The van der Waals surface area contributed by atoms with Crippen LogP contribution < -0.4 is 11.5 Å². The summed E-state index contributed by atoms with van der Waals surface area (Å²) in [4.78, 5) is 22.8. The molecule has 0 aromatic heterocycles. The Hall–Kier alpha value is -0.780. The molecule has 105 valence electrons. The molecule has 0 saturated heterocycles. The Balaban J connectivity index is 4.76. The van der Waals surface area contributed by atoms with Gasteiger partial charge in [-0.2, -0.15) is 0 Å². The van der Waals surface area contributed by atoms with Crippen molar-refractivity contribution in [1.82, 2.24) is 0 Å². The molecule has 0 spiro atoms. The molecule has 18 heavy (non-hydrogen) atoms. The Bertz CT molecular complexity index is 279. The molecule has 0 fully saturated rings. The van der Waals surface area contributed by atoms with Crippen LogP contribution in [0.15, 0.2) is 0 Å². The molecule has 0 aromatic rings. The van der Waals surface area contributed by atoms with Gasteiger partial charge in [0, 0.05) is 6.04 Å². The summed E-state index contributed by atoms with van der Waals surface area (Å²) in [6.07, 6.45) is 0.893. The average molecular weight is 257 g/mol. The maximum Gasteiger partial charge on any atom is 0.212 e. The summed E-state index contributed by atoms with van der Waals surface area (Å²) in [5.74, 6) is -1.57. The van der Waals surface area contributed by atoms with Gasteiger partial charge in [-0.15, -0.1) is 0 Å². The minimum absolute atomic E-state index is 0.0955. The largest absolute Gasteiger partial charge is 0.390 e. The van der Waals surface area contributed by atoms with Gasteiger partial charge in [-0.1, -0.05) is 27.7 Å². The summed E-state index contributed by atoms with van der Waals surface area (Å²) >= 11 is 0. The molecule has 0 aromatic carbocycles. The maximum absolute atomic E-state index is 11.9. The number of Topliss-reactive ketones (excluding diaryl/α,β-unsaturated/α-hetero) is 1. The molecular formula is C13H25N2O3. The van der Waals surface area contributed by atoms with Crippen LogP contribution in [0.5, 0.6) is 0 Å². The normalized spacial score (nSPS) is 18.5. The standard InChI is InChI=1S/C13H25N2O3/c1-7(2)5-10(14)12(17)9(6-16)13(18)11(15)8(3)4/h7-12,17H,5,14-15H2,1-4H3. The zero-order valence-electron chi connectivity index (χ0n) is 11.6. The highest BCUT2D eigenvalue weighted by Gasteiger charge is 2.35. The average Bonchev–Trinajstić information content (AvgIpc) is 2.27. The molecule has 0 bridgehead atoms. The van der Waals surface area contributed by atoms with E-state index in [1.54, 1.807) is 20.1 Å². The molecule has 0 aliphatic carbocycles. The molecule has 0 amide bonds. The van der Waals surface area contributed by atoms with Crippen LogP contribution >= 0.6 is 0 Å². The predicted molar refractivity (Wildman–Crippen MR) is 70.4 cm³/mol. The Morgan fingerprint density at radius 2 is 1.72 bits per heavy atom. The molecule has 0 saturated carbocycles. The van der Waals surface area contributed by atoms with E-state index in [1.807, 2.05) is 13.8 Å². The lowest BCUT2D eigenvalue weighted by atomic mass is 9.84. The second kappa shape index (κ2) is 7.61. The van der Waals surface area contributed by atoms with Gasteiger partial charge >= 0.3 is 0 Å². The molecule has 1 radical (unpaired) electrons. The van der Waals surface area contributed by atoms with E-state index in [2.05, 4.69) is 0 Å². The second-order valence-corrected chi connectivity index (χ2v) is 5.55. The van der Waals surface area contributed by atoms with Crippen molar-refractivity contribution in [3.8, 4) is 0 Å². The summed E-state index contributed by atoms with van der Waals surface area (Å²) < 4.78 is 0. The number of hydrogen-bond acceptors (Lipinski definition) is 5. The second-order valence-electron chi connectivity index (χ2n) is 5.55. The number of nitrogens with two attached hydrogens (primary N) is 2. The van der Waals surface area contributed by atoms with Crippen LogP contribution in [0.2, 0.25) is 0 Å². The van der Waals surface area contributed by atoms with E-state index in [0.717, 1.165) is 0 Å². The first-order valence-corrected chi connectivity index (χ1v) is 6.33. The van der Waals surface area contributed by atoms with Gasteiger partial charge < -0.3 is 16.6 Å². The van der Waals surface area contributed by atoms with E-state index < -0.39 is 29.9 Å². The van der Waals surface area contributed by atoms with Gasteiger partial charge in [0.05, 0.1) is 12.1 Å². The summed E-state index contributed by atoms with van der Waals surface area (Å²) in [6.45, 7) is 7.47. The zero-order valence-corrected chi connectivity index (χ0v) is 11.6. The third-order valence-corrected chi connectivity index (χ3v) is 3.00. The first-order valence-electron chi connectivity index (χ1n) is 6.33. The van der Waals surface area contributed by atoms with Crippen molar-refractivity contribution >= 4 is 12.1 Å². The summed E-state index contributed by atoms with van der Waals surface area (Å²) in [6, 6.07) is -1.41. The van der Waals surface area contributed by atoms with Crippen molar-refractivity contribution in [2.24, 2.45) is 29.2 Å². The number of ketones is 1. The third-order valence-electron chi connectivity index (χ3n) is 3.00. The number of carbonyl (C=O) groups is 1. The minimum Gasteiger partial charge on any atom is -0.390 e. The highest BCUT2D eigenvalue weighted by atomic mass is 16.3. The fourth-order valence-corrected chi connectivity index (χ4v) is 1.76. The quantitative estimate of drug-likeness (QED) is 0.531. The maximum atomic E-state index is 11.9. The number of rotatable bonds is 8. The predicted octanol–water partition coefficient (Wildman–Crippen LogP) is -0.001000. The number of aliphatic hydroxyl groups excluding tert-OH is 1. The SMILES string of the molecule is CC(C)CC(N)C(O)C([C]=O)C(=O)C(N)C(C)C. The zero-order chi connectivity index (χ0) is 14.5. The van der Waals surface area contributed by atoms with Crippen molar-refractivity contribution in [1.29, 1.82) is 0 Å². The van der Waals surface area contributed by atoms with Crippen LogP contribution in [-0.2, 0) is 9.59 Å². The van der Waals surface area contributed by atoms with E-state index in [4.69, 9.17) is 11.5 Å². The third kappa shape index (κ3) is 4.84. The smallest absolute Gasteiger partial charge is 0.212 e. The molecule has 5 nitrogen and oxygen atoms in total. The van der Waals surface area contributed by atoms with Gasteiger partial charge in [-0.3, -0.25) is 9.59 Å². The number of aliphatic hydroxyl groups is 1. The lowest BCUT2D eigenvalue weighted by Crippen LogP contribution is -2.50. The Labute approximate surface area is 109 Å². The fraction of sp³-hybridized carbons (Fsp3) is 0.846. The molecule has 4 unspecified atom stereocenters. The van der Waals surface area contributed by atoms with Crippen molar-refractivity contribution in [3.63, 3.8) is 0 Å². The van der Waals surface area contributed by atoms with Crippen molar-refractivity contribution in [3.05, 3.63) is 0 Å². The van der Waals surface area contributed by atoms with Gasteiger partial charge in [-0.25, -0.2) is 0 Å². The van der Waals surface area contributed by atoms with E-state index in [1.165, 1.54) is 0 Å². The van der Waals surface area contributed by atoms with Crippen LogP contribution in [-0.4, -0.2) is 35.4 Å². The summed E-state index contributed by atoms with van der Waals surface area (Å²) in [7, 11) is 0. The van der Waals surface area contributed by atoms with Crippen LogP contribution in [0.3, 0.4) is 0 Å². The number of carbonyl (C=O) groups excluding carboxylic acids is 2. The highest BCUT2D eigenvalue weighted by Crippen LogP contribution is 2.15. The highest BCUT2D eigenvalue weighted by molar-refractivity contribution is 5.97. The first kappa shape index (κ1) is 17.2. The van der Waals surface area contributed by atoms with Crippen molar-refractivity contribution < 1.29 is 14.7 Å². The van der Waals surface area contributed by atoms with Crippen molar-refractivity contribution in [2.75, 3.05) is 0 Å². The Morgan fingerprint density at radius 3 is 2.06 bits per heavy atom. The van der Waals surface area contributed by atoms with Gasteiger partial charge in [-0.05, 0) is 18.3 Å². The van der Waals surface area contributed by atoms with Crippen LogP contribution in [0.1, 0.15) is 34.1 Å². The Morgan fingerprint density at radius 1 is 1.22 bits per heavy atom. The van der Waals surface area contributed by atoms with Gasteiger partial charge in [0.2, 0.25) is 6.29 Å². The molecule has 5 N–H and O–H groups in total. The molecule has 4 atom stereocenters. The fourth-order valence-electron chi connectivity index (χ4n) is 1.76. The van der Waals surface area contributed by atoms with Gasteiger partial charge in [0.1, 0.15) is 5.92 Å². The molecular weight excluding hydrogens is 232 g/mol. The summed E-state index contributed by atoms with van der Waals surface area (Å²) in [5.41, 5.74) is 11.5.